The summed E-state index contributed by atoms with van der Waals surface area (Å²) in [5.74, 6) is -9.28. The molecule has 0 spiro atoms. The van der Waals surface area contributed by atoms with Crippen LogP contribution in [0.4, 0.5) is 35.1 Å². The SMILES string of the molecule is N#Cc1c(F)c(F)c([B-](C#N)(C#N)C#N)c(F)c1F.N#Cc1c(F)c(F)c([B-](C#N)(C#[NH+])C#[NH+])c(F)c1F.[K+].[K+]. The van der Waals surface area contributed by atoms with Crippen LogP contribution in [0.3, 0.4) is 0 Å². The van der Waals surface area contributed by atoms with Crippen molar-refractivity contribution in [1.82, 2.24) is 0 Å². The molecular weight excluding hydrogens is 604 g/mol. The maximum Gasteiger partial charge on any atom is 1.00 e. The van der Waals surface area contributed by atoms with Crippen LogP contribution in [-0.4, -0.2) is 12.3 Å². The normalized spacial score (nSPS) is 9.40. The van der Waals surface area contributed by atoms with Crippen LogP contribution in [-0.2, 0) is 0 Å². The van der Waals surface area contributed by atoms with Crippen LogP contribution in [0.15, 0.2) is 0 Å². The molecule has 0 fully saturated rings. The van der Waals surface area contributed by atoms with E-state index in [1.165, 1.54) is 17.9 Å². The monoisotopic (exact) mass is 606 g/mol. The summed E-state index contributed by atoms with van der Waals surface area (Å²) in [5.41, 5.74) is -6.11. The van der Waals surface area contributed by atoms with E-state index in [0.29, 0.717) is 0 Å². The standard InChI is InChI=1S/2C10BF4N4.2K/c2*12-7-5(1-16)8(13)10(15)6(9(7)14)11(2-17,3-18)4-19;;/q2*-1;2*+1/p+2. The third kappa shape index (κ3) is 6.56. The van der Waals surface area contributed by atoms with E-state index >= 15 is 0 Å². The van der Waals surface area contributed by atoms with Gasteiger partial charge in [0, 0.05) is 0 Å². The van der Waals surface area contributed by atoms with E-state index in [-0.39, 0.29) is 103 Å². The number of hydrogen-bond donors (Lipinski definition) is 2. The molecule has 0 heterocycles. The van der Waals surface area contributed by atoms with Gasteiger partial charge in [-0.1, -0.05) is 10.9 Å². The molecule has 2 aromatic rings. The predicted octanol–water partition coefficient (Wildman–Crippen LogP) is -7.58. The minimum absolute atomic E-state index is 0. The van der Waals surface area contributed by atoms with E-state index in [1.807, 2.05) is 0 Å². The summed E-state index contributed by atoms with van der Waals surface area (Å²) in [7, 11) is 0. The molecule has 0 aromatic heterocycles. The molecule has 40 heavy (non-hydrogen) atoms. The molecule has 0 unspecified atom stereocenters. The number of nitriles is 6. The molecule has 184 valence electrons. The van der Waals surface area contributed by atoms with Gasteiger partial charge in [-0.05, 0) is 0 Å². The second-order valence-electron chi connectivity index (χ2n) is 6.85. The van der Waals surface area contributed by atoms with Gasteiger partial charge in [0.2, 0.25) is 0 Å². The van der Waals surface area contributed by atoms with Crippen LogP contribution in [0.25, 0.3) is 0 Å². The Kier molecular flexibility index (Phi) is 15.6. The summed E-state index contributed by atoms with van der Waals surface area (Å²) in [4.78, 5) is 0. The molecule has 8 nitrogen and oxygen atoms in total. The first-order valence-electron chi connectivity index (χ1n) is 9.16. The maximum absolute atomic E-state index is 13.6. The van der Waals surface area contributed by atoms with Crippen LogP contribution in [0.1, 0.15) is 11.1 Å². The minimum atomic E-state index is -3.80. The van der Waals surface area contributed by atoms with Crippen molar-refractivity contribution in [2.24, 2.45) is 0 Å². The first-order valence-corrected chi connectivity index (χ1v) is 9.16. The summed E-state index contributed by atoms with van der Waals surface area (Å²) in [6.07, 6.45) is -7.37. The van der Waals surface area contributed by atoms with Crippen molar-refractivity contribution in [3.63, 3.8) is 0 Å². The van der Waals surface area contributed by atoms with Crippen LogP contribution >= 0.6 is 0 Å². The summed E-state index contributed by atoms with van der Waals surface area (Å²) >= 11 is 0. The fourth-order valence-corrected chi connectivity index (χ4v) is 2.84. The van der Waals surface area contributed by atoms with Crippen LogP contribution in [0.2, 0.25) is 0 Å². The molecule has 2 aromatic carbocycles. The molecular formula is C20H2B2F8K2N8+2. The van der Waals surface area contributed by atoms with Gasteiger partial charge >= 0.3 is 115 Å². The van der Waals surface area contributed by atoms with Gasteiger partial charge in [0.15, 0.2) is 23.3 Å². The van der Waals surface area contributed by atoms with E-state index in [9.17, 15) is 35.1 Å². The second-order valence-corrected chi connectivity index (χ2v) is 6.85. The number of halogens is 8. The third-order valence-electron chi connectivity index (χ3n) is 4.89. The summed E-state index contributed by atoms with van der Waals surface area (Å²) in [5, 5.41) is 65.1. The van der Waals surface area contributed by atoms with Gasteiger partial charge in [-0.15, -0.1) is 34.4 Å². The van der Waals surface area contributed by atoms with Gasteiger partial charge in [0.05, 0.1) is 11.9 Å². The Hall–Kier alpha value is -2.80. The molecule has 0 saturated heterocycles. The molecule has 20 heteroatoms. The van der Waals surface area contributed by atoms with Gasteiger partial charge in [-0.2, -0.15) is 10.5 Å². The molecule has 0 aliphatic carbocycles. The summed E-state index contributed by atoms with van der Waals surface area (Å²) in [6, 6.07) is 1.84. The Bertz CT molecular complexity index is 1470. The van der Waals surface area contributed by atoms with Crippen molar-refractivity contribution in [1.29, 1.82) is 31.6 Å². The zero-order valence-electron chi connectivity index (χ0n) is 19.9. The number of nitrogens with zero attached hydrogens (tertiary/aromatic N) is 6. The van der Waals surface area contributed by atoms with Crippen molar-refractivity contribution >= 4 is 23.2 Å². The molecule has 2 N–H and O–H groups in total. The summed E-state index contributed by atoms with van der Waals surface area (Å²) < 4.78 is 108. The van der Waals surface area contributed by atoms with E-state index in [2.05, 4.69) is 0 Å². The topological polar surface area (TPSA) is 190 Å². The minimum Gasteiger partial charge on any atom is -0.246 e. The summed E-state index contributed by atoms with van der Waals surface area (Å²) in [6.45, 7) is 0. The first kappa shape index (κ1) is 39.3. The second kappa shape index (κ2) is 15.8. The number of nitrogens with one attached hydrogen (secondary N) is 2. The van der Waals surface area contributed by atoms with Crippen molar-refractivity contribution in [3.05, 3.63) is 57.7 Å². The Labute approximate surface area is 304 Å². The molecule has 0 bridgehead atoms. The van der Waals surface area contributed by atoms with Crippen molar-refractivity contribution < 1.29 is 148 Å². The van der Waals surface area contributed by atoms with Gasteiger partial charge in [-0.3, -0.25) is 0 Å². The van der Waals surface area contributed by atoms with E-state index in [0.717, 1.165) is 30.0 Å². The predicted molar refractivity (Wildman–Crippen MR) is 105 cm³/mol. The van der Waals surface area contributed by atoms with Gasteiger partial charge in [0.25, 0.3) is 0 Å². The Morgan fingerprint density at radius 2 is 0.650 bits per heavy atom. The molecule has 0 atom stereocenters. The zero-order chi connectivity index (χ0) is 29.6. The molecule has 0 aliphatic rings. The van der Waals surface area contributed by atoms with Gasteiger partial charge < -0.3 is 0 Å². The van der Waals surface area contributed by atoms with E-state index < -0.39 is 80.9 Å². The Morgan fingerprint density at radius 1 is 0.425 bits per heavy atom. The Balaban J connectivity index is 0. The largest absolute Gasteiger partial charge is 1.00 e. The fourth-order valence-electron chi connectivity index (χ4n) is 2.84. The van der Waals surface area contributed by atoms with Gasteiger partial charge in [0.1, 0.15) is 46.5 Å². The number of benzene rings is 2. The molecule has 0 saturated carbocycles. The number of hydrogen-bond acceptors (Lipinski definition) is 6. The van der Waals surface area contributed by atoms with E-state index in [1.54, 1.807) is 0 Å². The fraction of sp³-hybridized carbons (Fsp3) is 0. The quantitative estimate of drug-likeness (QED) is 0.194. The average molecular weight is 606 g/mol. The number of rotatable bonds is 2. The van der Waals surface area contributed by atoms with Gasteiger partial charge in [-0.25, -0.2) is 56.2 Å². The molecule has 0 aliphatic heterocycles. The average Bonchev–Trinajstić information content (AvgIpc) is 2.93. The molecule has 0 amide bonds. The van der Waals surface area contributed by atoms with Crippen LogP contribution < -0.4 is 124 Å². The van der Waals surface area contributed by atoms with Crippen LogP contribution in [0.5, 0.6) is 0 Å². The van der Waals surface area contributed by atoms with Crippen molar-refractivity contribution in [3.8, 4) is 47.9 Å². The molecule has 2 rings (SSSR count). The van der Waals surface area contributed by atoms with E-state index in [4.69, 9.17) is 42.1 Å². The van der Waals surface area contributed by atoms with Crippen LogP contribution in [0, 0.1) is 126 Å². The Morgan fingerprint density at radius 3 is 0.825 bits per heavy atom. The molecule has 0 radical (unpaired) electrons. The van der Waals surface area contributed by atoms with Crippen molar-refractivity contribution in [2.75, 3.05) is 0 Å². The van der Waals surface area contributed by atoms with Crippen molar-refractivity contribution in [2.45, 2.75) is 0 Å². The zero-order valence-corrected chi connectivity index (χ0v) is 26.1. The maximum atomic E-state index is 13.6. The first-order chi connectivity index (χ1) is 17.8. The smallest absolute Gasteiger partial charge is 0.246 e. The third-order valence-corrected chi connectivity index (χ3v) is 4.89.